The van der Waals surface area contributed by atoms with E-state index in [-0.39, 0.29) is 11.2 Å². The average Bonchev–Trinajstić information content (AvgIpc) is 2.18. The van der Waals surface area contributed by atoms with Crippen molar-refractivity contribution in [3.63, 3.8) is 0 Å². The smallest absolute Gasteiger partial charge is 0.158 e. The van der Waals surface area contributed by atoms with Crippen LogP contribution in [-0.4, -0.2) is 24.8 Å². The highest BCUT2D eigenvalue weighted by atomic mass is 35.5. The van der Waals surface area contributed by atoms with Crippen molar-refractivity contribution in [3.8, 4) is 0 Å². The highest BCUT2D eigenvalue weighted by Gasteiger charge is 2.09. The van der Waals surface area contributed by atoms with E-state index >= 15 is 0 Å². The zero-order chi connectivity index (χ0) is 9.68. The van der Waals surface area contributed by atoms with E-state index in [1.165, 1.54) is 0 Å². The Kier molecular flexibility index (Phi) is 3.86. The van der Waals surface area contributed by atoms with Crippen LogP contribution in [0.4, 0.5) is 0 Å². The van der Waals surface area contributed by atoms with E-state index in [1.54, 1.807) is 18.4 Å². The number of dihydropyridines is 1. The van der Waals surface area contributed by atoms with Crippen LogP contribution in [0.1, 0.15) is 0 Å². The Hall–Kier alpha value is -0.930. The zero-order valence-electron chi connectivity index (χ0n) is 6.74. The number of rotatable bonds is 2. The maximum atomic E-state index is 5.78. The van der Waals surface area contributed by atoms with Crippen LogP contribution >= 0.6 is 23.2 Å². The van der Waals surface area contributed by atoms with Gasteiger partial charge in [-0.15, -0.1) is 11.6 Å². The number of hydrogen-bond acceptors (Lipinski definition) is 2. The highest BCUT2D eigenvalue weighted by Crippen LogP contribution is 2.16. The molecule has 0 N–H and O–H groups in total. The average molecular weight is 216 g/mol. The van der Waals surface area contributed by atoms with Gasteiger partial charge in [-0.05, 0) is 18.9 Å². The van der Waals surface area contributed by atoms with Gasteiger partial charge in [-0.1, -0.05) is 11.6 Å². The predicted molar refractivity (Wildman–Crippen MR) is 58.2 cm³/mol. The van der Waals surface area contributed by atoms with Gasteiger partial charge in [-0.25, -0.2) is 9.98 Å². The molecule has 3 nitrogen and oxygen atoms in total. The molecule has 0 aromatic rings. The van der Waals surface area contributed by atoms with E-state index in [4.69, 9.17) is 23.2 Å². The first-order chi connectivity index (χ1) is 6.29. The van der Waals surface area contributed by atoms with Gasteiger partial charge < -0.3 is 0 Å². The molecule has 0 radical (unpaired) electrons. The molecule has 1 aliphatic heterocycles. The number of amidine groups is 1. The van der Waals surface area contributed by atoms with Gasteiger partial charge in [0, 0.05) is 6.21 Å². The van der Waals surface area contributed by atoms with Crippen LogP contribution in [0.15, 0.2) is 37.9 Å². The van der Waals surface area contributed by atoms with E-state index in [0.29, 0.717) is 11.4 Å². The molecular weight excluding hydrogens is 209 g/mol. The topological polar surface area (TPSA) is 37.1 Å². The minimum Gasteiger partial charge on any atom is -0.252 e. The maximum absolute atomic E-state index is 5.78. The molecule has 5 heteroatoms. The van der Waals surface area contributed by atoms with Crippen molar-refractivity contribution in [1.82, 2.24) is 0 Å². The van der Waals surface area contributed by atoms with E-state index in [1.807, 2.05) is 0 Å². The van der Waals surface area contributed by atoms with Crippen molar-refractivity contribution in [3.05, 3.63) is 22.9 Å². The maximum Gasteiger partial charge on any atom is 0.158 e. The Morgan fingerprint density at radius 1 is 1.62 bits per heavy atom. The van der Waals surface area contributed by atoms with E-state index in [0.717, 1.165) is 0 Å². The summed E-state index contributed by atoms with van der Waals surface area (Å²) >= 11 is 11.2. The molecular formula is C8H7Cl2N3. The van der Waals surface area contributed by atoms with Crippen molar-refractivity contribution < 1.29 is 0 Å². The van der Waals surface area contributed by atoms with Crippen LogP contribution in [0, 0.1) is 0 Å². The molecule has 68 valence electrons. The van der Waals surface area contributed by atoms with E-state index in [2.05, 4.69) is 21.7 Å². The van der Waals surface area contributed by atoms with Crippen LogP contribution in [0.3, 0.4) is 0 Å². The summed E-state index contributed by atoms with van der Waals surface area (Å²) in [7, 11) is 0. The molecule has 1 heterocycles. The Balaban J connectivity index is 3.09. The highest BCUT2D eigenvalue weighted by molar-refractivity contribution is 6.33. The molecule has 0 aliphatic carbocycles. The number of hydrogen-bond donors (Lipinski definition) is 0. The fraction of sp³-hybridized carbons (Fsp3) is 0.125. The minimum absolute atomic E-state index is 0.144. The molecule has 1 rings (SSSR count). The zero-order valence-corrected chi connectivity index (χ0v) is 8.26. The van der Waals surface area contributed by atoms with Gasteiger partial charge >= 0.3 is 0 Å². The Morgan fingerprint density at radius 2 is 2.38 bits per heavy atom. The molecule has 0 aromatic carbocycles. The number of allylic oxidation sites excluding steroid dienone is 1. The Labute approximate surface area is 86.2 Å². The number of aliphatic imine (C=N–C) groups is 3. The summed E-state index contributed by atoms with van der Waals surface area (Å²) in [4.78, 5) is 11.5. The third-order valence-electron chi connectivity index (χ3n) is 1.36. The second kappa shape index (κ2) is 4.94. The molecule has 0 atom stereocenters. The van der Waals surface area contributed by atoms with Gasteiger partial charge in [0.15, 0.2) is 5.84 Å². The fourth-order valence-corrected chi connectivity index (χ4v) is 1.09. The molecule has 0 unspecified atom stereocenters. The standard InChI is InChI=1S/C8H7Cl2N3/c1-11-7(10)6-3-2-4-12-8(6)13-5-9/h2-4H,1,5H2/b7-6-,13-8+. The van der Waals surface area contributed by atoms with Gasteiger partial charge in [-0.3, -0.25) is 4.99 Å². The number of halogens is 2. The SMILES string of the molecule is C=N/C(Cl)=C1/C=CC=N/C1=N/CCl. The summed E-state index contributed by atoms with van der Waals surface area (Å²) < 4.78 is 0. The van der Waals surface area contributed by atoms with Crippen LogP contribution in [0.25, 0.3) is 0 Å². The third-order valence-corrected chi connectivity index (χ3v) is 1.80. The van der Waals surface area contributed by atoms with E-state index in [9.17, 15) is 0 Å². The van der Waals surface area contributed by atoms with Gasteiger partial charge in [0.1, 0.15) is 11.2 Å². The summed E-state index contributed by atoms with van der Waals surface area (Å²) in [6.07, 6.45) is 5.12. The third kappa shape index (κ3) is 2.50. The lowest BCUT2D eigenvalue weighted by atomic mass is 10.2. The quantitative estimate of drug-likeness (QED) is 0.386. The lowest BCUT2D eigenvalue weighted by molar-refractivity contribution is 1.32. The van der Waals surface area contributed by atoms with Gasteiger partial charge in [0.25, 0.3) is 0 Å². The summed E-state index contributed by atoms with van der Waals surface area (Å²) in [5.41, 5.74) is 0.639. The molecule has 0 aromatic heterocycles. The molecule has 0 saturated heterocycles. The lowest BCUT2D eigenvalue weighted by Gasteiger charge is -2.05. The molecule has 0 spiro atoms. The summed E-state index contributed by atoms with van der Waals surface area (Å²) in [6.45, 7) is 3.32. The van der Waals surface area contributed by atoms with Crippen molar-refractivity contribution in [2.75, 3.05) is 6.00 Å². The Bertz CT molecular complexity index is 326. The molecule has 0 bridgehead atoms. The van der Waals surface area contributed by atoms with Gasteiger partial charge in [0.2, 0.25) is 0 Å². The molecule has 0 saturated carbocycles. The normalized spacial score (nSPS) is 22.2. The van der Waals surface area contributed by atoms with Crippen LogP contribution in [0.2, 0.25) is 0 Å². The molecule has 0 amide bonds. The predicted octanol–water partition coefficient (Wildman–Crippen LogP) is 2.37. The molecule has 1 aliphatic rings. The fourth-order valence-electron chi connectivity index (χ4n) is 0.826. The van der Waals surface area contributed by atoms with Gasteiger partial charge in [0.05, 0.1) is 5.57 Å². The molecule has 0 fully saturated rings. The lowest BCUT2D eigenvalue weighted by Crippen LogP contribution is -2.03. The number of nitrogens with zero attached hydrogens (tertiary/aromatic N) is 3. The minimum atomic E-state index is 0.144. The van der Waals surface area contributed by atoms with Crippen molar-refractivity contribution in [2.45, 2.75) is 0 Å². The Morgan fingerprint density at radius 3 is 3.00 bits per heavy atom. The van der Waals surface area contributed by atoms with Crippen molar-refractivity contribution in [1.29, 1.82) is 0 Å². The van der Waals surface area contributed by atoms with Crippen LogP contribution in [-0.2, 0) is 0 Å². The monoisotopic (exact) mass is 215 g/mol. The summed E-state index contributed by atoms with van der Waals surface area (Å²) in [5, 5.41) is 0.275. The van der Waals surface area contributed by atoms with Crippen molar-refractivity contribution >= 4 is 42.0 Å². The van der Waals surface area contributed by atoms with E-state index < -0.39 is 0 Å². The molecule has 13 heavy (non-hydrogen) atoms. The van der Waals surface area contributed by atoms with Crippen LogP contribution in [0.5, 0.6) is 0 Å². The van der Waals surface area contributed by atoms with Gasteiger partial charge in [-0.2, -0.15) is 0 Å². The first-order valence-corrected chi connectivity index (χ1v) is 4.39. The first kappa shape index (κ1) is 10.2. The summed E-state index contributed by atoms with van der Waals surface area (Å²) in [6, 6.07) is 0.144. The van der Waals surface area contributed by atoms with Crippen molar-refractivity contribution in [2.24, 2.45) is 15.0 Å². The first-order valence-electron chi connectivity index (χ1n) is 3.47. The van der Waals surface area contributed by atoms with Crippen LogP contribution < -0.4 is 0 Å². The second-order valence-corrected chi connectivity index (χ2v) is 2.70. The number of alkyl halides is 1. The largest absolute Gasteiger partial charge is 0.252 e. The second-order valence-electron chi connectivity index (χ2n) is 2.10. The summed E-state index contributed by atoms with van der Waals surface area (Å²) in [5.74, 6) is 0.481.